The van der Waals surface area contributed by atoms with Crippen molar-refractivity contribution in [1.29, 1.82) is 0 Å². The number of aromatic nitrogens is 2. The highest BCUT2D eigenvalue weighted by molar-refractivity contribution is 7.17. The molecule has 0 saturated carbocycles. The van der Waals surface area contributed by atoms with Crippen molar-refractivity contribution in [3.8, 4) is 16.3 Å². The summed E-state index contributed by atoms with van der Waals surface area (Å²) >= 11 is 7.30. The van der Waals surface area contributed by atoms with Crippen molar-refractivity contribution in [2.75, 3.05) is 18.5 Å². The van der Waals surface area contributed by atoms with Crippen LogP contribution in [0.1, 0.15) is 22.2 Å². The van der Waals surface area contributed by atoms with Gasteiger partial charge >= 0.3 is 5.97 Å². The zero-order valence-electron chi connectivity index (χ0n) is 14.6. The monoisotopic (exact) mass is 403 g/mol. The summed E-state index contributed by atoms with van der Waals surface area (Å²) in [6.45, 7) is 2.87. The van der Waals surface area contributed by atoms with Crippen LogP contribution in [0.5, 0.6) is 5.75 Å². The summed E-state index contributed by atoms with van der Waals surface area (Å²) in [5.74, 6) is 0.00831. The van der Waals surface area contributed by atoms with Gasteiger partial charge in [0.2, 0.25) is 0 Å². The topological polar surface area (TPSA) is 84.3 Å². The molecule has 8 heteroatoms. The predicted octanol–water partition coefficient (Wildman–Crippen LogP) is 4.61. The first-order chi connectivity index (χ1) is 13.1. The van der Waals surface area contributed by atoms with Crippen molar-refractivity contribution >= 4 is 34.7 Å². The molecule has 0 bridgehead atoms. The van der Waals surface area contributed by atoms with E-state index in [1.807, 2.05) is 31.2 Å². The fraction of sp³-hybridized carbons (Fsp3) is 0.211. The van der Waals surface area contributed by atoms with Crippen LogP contribution in [0.25, 0.3) is 10.6 Å². The van der Waals surface area contributed by atoms with Crippen LogP contribution in [0.2, 0.25) is 5.02 Å². The SMILES string of the molecule is CCOc1cc(-c2cc(NCCc3ccccc3Cl)ncn2)sc1C(=O)O. The van der Waals surface area contributed by atoms with Gasteiger partial charge in [-0.3, -0.25) is 0 Å². The van der Waals surface area contributed by atoms with Gasteiger partial charge in [0, 0.05) is 23.7 Å². The Bertz CT molecular complexity index is 945. The lowest BCUT2D eigenvalue weighted by Gasteiger charge is -2.07. The van der Waals surface area contributed by atoms with Crippen LogP contribution in [0, 0.1) is 0 Å². The number of benzene rings is 1. The van der Waals surface area contributed by atoms with Crippen molar-refractivity contribution in [3.05, 3.63) is 58.2 Å². The van der Waals surface area contributed by atoms with Crippen LogP contribution < -0.4 is 10.1 Å². The van der Waals surface area contributed by atoms with Crippen LogP contribution in [0.15, 0.2) is 42.7 Å². The molecule has 0 atom stereocenters. The third-order valence-electron chi connectivity index (χ3n) is 3.77. The number of carbonyl (C=O) groups is 1. The highest BCUT2D eigenvalue weighted by Crippen LogP contribution is 2.36. The zero-order valence-corrected chi connectivity index (χ0v) is 16.2. The van der Waals surface area contributed by atoms with Gasteiger partial charge in [0.15, 0.2) is 4.88 Å². The Labute approximate surface area is 165 Å². The Balaban J connectivity index is 1.73. The number of nitrogens with one attached hydrogen (secondary N) is 1. The summed E-state index contributed by atoms with van der Waals surface area (Å²) in [6.07, 6.45) is 2.21. The minimum atomic E-state index is -1.01. The molecule has 3 aromatic rings. The molecule has 0 unspecified atom stereocenters. The second-order valence-corrected chi connectivity index (χ2v) is 7.06. The van der Waals surface area contributed by atoms with Crippen molar-refractivity contribution < 1.29 is 14.6 Å². The third-order valence-corrected chi connectivity index (χ3v) is 5.27. The van der Waals surface area contributed by atoms with E-state index in [2.05, 4.69) is 15.3 Å². The summed E-state index contributed by atoms with van der Waals surface area (Å²) in [7, 11) is 0. The normalized spacial score (nSPS) is 10.6. The van der Waals surface area contributed by atoms with Gasteiger partial charge in [0.25, 0.3) is 0 Å². The molecule has 0 saturated heterocycles. The number of hydrogen-bond donors (Lipinski definition) is 2. The maximum Gasteiger partial charge on any atom is 0.349 e. The quantitative estimate of drug-likeness (QED) is 0.571. The molecule has 0 spiro atoms. The molecular formula is C19H18ClN3O3S. The first-order valence-electron chi connectivity index (χ1n) is 8.38. The lowest BCUT2D eigenvalue weighted by Crippen LogP contribution is -2.06. The number of carboxylic acid groups (broad SMARTS) is 1. The highest BCUT2D eigenvalue weighted by atomic mass is 35.5. The molecule has 2 aromatic heterocycles. The van der Waals surface area contributed by atoms with E-state index in [4.69, 9.17) is 16.3 Å². The summed E-state index contributed by atoms with van der Waals surface area (Å²) < 4.78 is 5.41. The molecule has 0 amide bonds. The van der Waals surface area contributed by atoms with Crippen molar-refractivity contribution in [1.82, 2.24) is 9.97 Å². The van der Waals surface area contributed by atoms with E-state index < -0.39 is 5.97 Å². The molecule has 3 rings (SSSR count). The van der Waals surface area contributed by atoms with Gasteiger partial charge in [-0.05, 0) is 25.0 Å². The molecule has 0 aliphatic rings. The number of aromatic carboxylic acids is 1. The Hall–Kier alpha value is -2.64. The molecule has 0 fully saturated rings. The minimum absolute atomic E-state index is 0.165. The molecule has 6 nitrogen and oxygen atoms in total. The number of hydrogen-bond acceptors (Lipinski definition) is 6. The molecule has 2 N–H and O–H groups in total. The number of halogens is 1. The predicted molar refractivity (Wildman–Crippen MR) is 107 cm³/mol. The van der Waals surface area contributed by atoms with E-state index in [-0.39, 0.29) is 4.88 Å². The summed E-state index contributed by atoms with van der Waals surface area (Å²) in [5.41, 5.74) is 1.70. The van der Waals surface area contributed by atoms with Gasteiger partial charge in [0.1, 0.15) is 17.9 Å². The van der Waals surface area contributed by atoms with Crippen LogP contribution in [0.3, 0.4) is 0 Å². The van der Waals surface area contributed by atoms with Gasteiger partial charge in [0.05, 0.1) is 17.2 Å². The van der Waals surface area contributed by atoms with Crippen molar-refractivity contribution in [2.45, 2.75) is 13.3 Å². The van der Waals surface area contributed by atoms with Crippen LogP contribution in [-0.4, -0.2) is 34.2 Å². The van der Waals surface area contributed by atoms with Crippen LogP contribution in [-0.2, 0) is 6.42 Å². The third kappa shape index (κ3) is 4.75. The fourth-order valence-electron chi connectivity index (χ4n) is 2.53. The summed E-state index contributed by atoms with van der Waals surface area (Å²) in [6, 6.07) is 11.2. The first-order valence-corrected chi connectivity index (χ1v) is 9.57. The largest absolute Gasteiger partial charge is 0.492 e. The number of carboxylic acids is 1. The number of nitrogens with zero attached hydrogens (tertiary/aromatic N) is 2. The average Bonchev–Trinajstić information content (AvgIpc) is 3.08. The summed E-state index contributed by atoms with van der Waals surface area (Å²) in [4.78, 5) is 20.7. The molecule has 2 heterocycles. The standard InChI is InChI=1S/C19H18ClN3O3S/c1-2-26-15-10-16(27-18(15)19(24)25)14-9-17(23-11-22-14)21-8-7-12-5-3-4-6-13(12)20/h3-6,9-11H,2,7-8H2,1H3,(H,24,25)(H,21,22,23). The van der Waals surface area contributed by atoms with Gasteiger partial charge in [-0.2, -0.15) is 0 Å². The van der Waals surface area contributed by atoms with Crippen molar-refractivity contribution in [3.63, 3.8) is 0 Å². The molecule has 0 aliphatic carbocycles. The highest BCUT2D eigenvalue weighted by Gasteiger charge is 2.18. The maximum atomic E-state index is 11.4. The second-order valence-electron chi connectivity index (χ2n) is 5.60. The number of rotatable bonds is 8. The smallest absolute Gasteiger partial charge is 0.349 e. The number of anilines is 1. The Kier molecular flexibility index (Phi) is 6.26. The van der Waals surface area contributed by atoms with E-state index in [9.17, 15) is 9.90 Å². The Morgan fingerprint density at radius 2 is 2.11 bits per heavy atom. The van der Waals surface area contributed by atoms with Gasteiger partial charge in [-0.25, -0.2) is 14.8 Å². The van der Waals surface area contributed by atoms with Crippen LogP contribution >= 0.6 is 22.9 Å². The number of ether oxygens (including phenoxy) is 1. The van der Waals surface area contributed by atoms with Crippen molar-refractivity contribution in [2.24, 2.45) is 0 Å². The van der Waals surface area contributed by atoms with E-state index >= 15 is 0 Å². The number of thiophene rings is 1. The lowest BCUT2D eigenvalue weighted by molar-refractivity contribution is 0.0698. The molecule has 0 aliphatic heterocycles. The van der Waals surface area contributed by atoms with E-state index in [0.29, 0.717) is 35.3 Å². The molecular weight excluding hydrogens is 386 g/mol. The van der Waals surface area contributed by atoms with Gasteiger partial charge < -0.3 is 15.2 Å². The van der Waals surface area contributed by atoms with Crippen LogP contribution in [0.4, 0.5) is 5.82 Å². The minimum Gasteiger partial charge on any atom is -0.492 e. The first kappa shape index (κ1) is 19.1. The zero-order chi connectivity index (χ0) is 19.2. The molecule has 27 heavy (non-hydrogen) atoms. The Morgan fingerprint density at radius 1 is 1.30 bits per heavy atom. The van der Waals surface area contributed by atoms with Gasteiger partial charge in [-0.1, -0.05) is 29.8 Å². The average molecular weight is 404 g/mol. The molecule has 1 aromatic carbocycles. The lowest BCUT2D eigenvalue weighted by atomic mass is 10.1. The maximum absolute atomic E-state index is 11.4. The second kappa shape index (κ2) is 8.83. The molecule has 0 radical (unpaired) electrons. The van der Waals surface area contributed by atoms with Gasteiger partial charge in [-0.15, -0.1) is 11.3 Å². The fourth-order valence-corrected chi connectivity index (χ4v) is 3.67. The van der Waals surface area contributed by atoms with E-state index in [0.717, 1.165) is 28.3 Å². The van der Waals surface area contributed by atoms with E-state index in [1.165, 1.54) is 6.33 Å². The molecule has 140 valence electrons. The summed E-state index contributed by atoms with van der Waals surface area (Å²) in [5, 5.41) is 13.3. The Morgan fingerprint density at radius 3 is 2.85 bits per heavy atom. The van der Waals surface area contributed by atoms with E-state index in [1.54, 1.807) is 12.1 Å².